The van der Waals surface area contributed by atoms with Gasteiger partial charge in [-0.1, -0.05) is 36.9 Å². The molecule has 0 aliphatic heterocycles. The topological polar surface area (TPSA) is 29.1 Å². The van der Waals surface area contributed by atoms with Crippen molar-refractivity contribution in [1.82, 2.24) is 5.32 Å². The summed E-state index contributed by atoms with van der Waals surface area (Å²) >= 11 is 7.63. The molecular formula is C16H21ClFNOS. The van der Waals surface area contributed by atoms with Crippen LogP contribution in [0.1, 0.15) is 37.7 Å². The van der Waals surface area contributed by atoms with Crippen LogP contribution in [0, 0.1) is 5.82 Å². The van der Waals surface area contributed by atoms with Gasteiger partial charge in [0.15, 0.2) is 0 Å². The molecule has 0 spiro atoms. The van der Waals surface area contributed by atoms with E-state index in [1.54, 1.807) is 12.1 Å². The Balaban J connectivity index is 1.65. The van der Waals surface area contributed by atoms with Crippen molar-refractivity contribution in [2.45, 2.75) is 43.8 Å². The number of thioether (sulfide) groups is 1. The Labute approximate surface area is 134 Å². The van der Waals surface area contributed by atoms with Crippen LogP contribution in [0.4, 0.5) is 4.39 Å². The van der Waals surface area contributed by atoms with Crippen molar-refractivity contribution in [3.8, 4) is 0 Å². The van der Waals surface area contributed by atoms with Gasteiger partial charge in [-0.25, -0.2) is 4.39 Å². The second-order valence-corrected chi connectivity index (χ2v) is 7.24. The Morgan fingerprint density at radius 3 is 2.81 bits per heavy atom. The van der Waals surface area contributed by atoms with E-state index in [1.165, 1.54) is 38.2 Å². The van der Waals surface area contributed by atoms with Crippen molar-refractivity contribution in [3.05, 3.63) is 34.6 Å². The molecule has 21 heavy (non-hydrogen) atoms. The van der Waals surface area contributed by atoms with Crippen molar-refractivity contribution >= 4 is 29.3 Å². The molecule has 1 fully saturated rings. The maximum atomic E-state index is 13.6. The lowest BCUT2D eigenvalue weighted by molar-refractivity contribution is -0.120. The van der Waals surface area contributed by atoms with Gasteiger partial charge in [-0.05, 0) is 30.5 Å². The van der Waals surface area contributed by atoms with Crippen molar-refractivity contribution in [2.75, 3.05) is 12.3 Å². The molecule has 0 heterocycles. The van der Waals surface area contributed by atoms with Crippen LogP contribution in [0.5, 0.6) is 0 Å². The highest BCUT2D eigenvalue weighted by molar-refractivity contribution is 7.99. The van der Waals surface area contributed by atoms with E-state index in [-0.39, 0.29) is 12.3 Å². The molecular weight excluding hydrogens is 309 g/mol. The second kappa shape index (κ2) is 8.64. The molecule has 1 N–H and O–H groups in total. The Hall–Kier alpha value is -0.740. The van der Waals surface area contributed by atoms with Crippen molar-refractivity contribution in [1.29, 1.82) is 0 Å². The van der Waals surface area contributed by atoms with Gasteiger partial charge in [0.1, 0.15) is 5.82 Å². The van der Waals surface area contributed by atoms with Gasteiger partial charge in [-0.2, -0.15) is 11.8 Å². The third-order valence-corrected chi connectivity index (χ3v) is 5.31. The highest BCUT2D eigenvalue weighted by atomic mass is 35.5. The molecule has 116 valence electrons. The lowest BCUT2D eigenvalue weighted by Gasteiger charge is -2.20. The monoisotopic (exact) mass is 329 g/mol. The number of nitrogens with one attached hydrogen (secondary N) is 1. The first kappa shape index (κ1) is 16.6. The summed E-state index contributed by atoms with van der Waals surface area (Å²) in [6.07, 6.45) is 6.69. The Bertz CT molecular complexity index is 477. The second-order valence-electron chi connectivity index (χ2n) is 5.39. The van der Waals surface area contributed by atoms with E-state index in [1.807, 2.05) is 11.8 Å². The molecule has 1 aliphatic rings. The molecule has 0 unspecified atom stereocenters. The summed E-state index contributed by atoms with van der Waals surface area (Å²) in [4.78, 5) is 11.8. The molecule has 0 radical (unpaired) electrons. The Morgan fingerprint density at radius 2 is 2.10 bits per heavy atom. The van der Waals surface area contributed by atoms with Gasteiger partial charge in [0.05, 0.1) is 6.42 Å². The van der Waals surface area contributed by atoms with Crippen LogP contribution < -0.4 is 5.32 Å². The van der Waals surface area contributed by atoms with Gasteiger partial charge in [-0.15, -0.1) is 0 Å². The van der Waals surface area contributed by atoms with Gasteiger partial charge in [-0.3, -0.25) is 4.79 Å². The number of hydrogen-bond donors (Lipinski definition) is 1. The Kier molecular flexibility index (Phi) is 6.84. The number of halogens is 2. The van der Waals surface area contributed by atoms with E-state index >= 15 is 0 Å². The van der Waals surface area contributed by atoms with Gasteiger partial charge in [0.25, 0.3) is 0 Å². The van der Waals surface area contributed by atoms with Crippen LogP contribution in [-0.4, -0.2) is 23.5 Å². The fourth-order valence-electron chi connectivity index (χ4n) is 2.55. The van der Waals surface area contributed by atoms with Gasteiger partial charge in [0, 0.05) is 22.6 Å². The third-order valence-electron chi connectivity index (χ3n) is 3.70. The zero-order valence-electron chi connectivity index (χ0n) is 12.0. The normalized spacial score (nSPS) is 15.9. The van der Waals surface area contributed by atoms with E-state index in [0.29, 0.717) is 17.1 Å². The highest BCUT2D eigenvalue weighted by Gasteiger charge is 2.13. The van der Waals surface area contributed by atoms with Crippen molar-refractivity contribution in [2.24, 2.45) is 0 Å². The van der Waals surface area contributed by atoms with Crippen LogP contribution in [0.15, 0.2) is 18.2 Å². The summed E-state index contributed by atoms with van der Waals surface area (Å²) in [7, 11) is 0. The maximum Gasteiger partial charge on any atom is 0.224 e. The van der Waals surface area contributed by atoms with E-state index in [4.69, 9.17) is 11.6 Å². The molecule has 0 aromatic heterocycles. The minimum atomic E-state index is -0.422. The molecule has 2 nitrogen and oxygen atoms in total. The van der Waals surface area contributed by atoms with Crippen molar-refractivity contribution < 1.29 is 9.18 Å². The smallest absolute Gasteiger partial charge is 0.224 e. The first-order chi connectivity index (χ1) is 10.1. The van der Waals surface area contributed by atoms with Crippen LogP contribution >= 0.6 is 23.4 Å². The van der Waals surface area contributed by atoms with Gasteiger partial charge in [0.2, 0.25) is 5.91 Å². The van der Waals surface area contributed by atoms with Crippen LogP contribution in [0.25, 0.3) is 0 Å². The number of carbonyl (C=O) groups is 1. The molecule has 1 aromatic carbocycles. The number of hydrogen-bond acceptors (Lipinski definition) is 2. The molecule has 1 saturated carbocycles. The van der Waals surface area contributed by atoms with Gasteiger partial charge < -0.3 is 5.32 Å². The number of amides is 1. The third kappa shape index (κ3) is 5.87. The summed E-state index contributed by atoms with van der Waals surface area (Å²) in [5, 5.41) is 3.95. The summed E-state index contributed by atoms with van der Waals surface area (Å²) in [6, 6.07) is 4.41. The van der Waals surface area contributed by atoms with E-state index in [9.17, 15) is 9.18 Å². The quantitative estimate of drug-likeness (QED) is 0.792. The molecule has 0 atom stereocenters. The maximum absolute atomic E-state index is 13.6. The summed E-state index contributed by atoms with van der Waals surface area (Å²) in [6.45, 7) is 0.648. The van der Waals surface area contributed by atoms with E-state index in [2.05, 4.69) is 5.32 Å². The summed E-state index contributed by atoms with van der Waals surface area (Å²) in [5.74, 6) is 0.370. The number of carbonyl (C=O) groups excluding carboxylic acids is 1. The molecule has 0 bridgehead atoms. The highest BCUT2D eigenvalue weighted by Crippen LogP contribution is 2.27. The average molecular weight is 330 g/mol. The fraction of sp³-hybridized carbons (Fsp3) is 0.562. The lowest BCUT2D eigenvalue weighted by atomic mass is 10.0. The fourth-order valence-corrected chi connectivity index (χ4v) is 3.93. The molecule has 1 aromatic rings. The molecule has 2 rings (SSSR count). The standard InChI is InChI=1S/C16H21ClFNOS/c17-13-7-6-12(15(18)11-13)10-16(20)19-8-9-21-14-4-2-1-3-5-14/h6-7,11,14H,1-5,8-10H2,(H,19,20). The zero-order chi connectivity index (χ0) is 15.1. The largest absolute Gasteiger partial charge is 0.355 e. The van der Waals surface area contributed by atoms with Crippen molar-refractivity contribution in [3.63, 3.8) is 0 Å². The van der Waals surface area contributed by atoms with Crippen LogP contribution in [0.3, 0.4) is 0 Å². The molecule has 1 amide bonds. The number of benzene rings is 1. The predicted octanol–water partition coefficient (Wildman–Crippen LogP) is 4.20. The molecule has 0 saturated heterocycles. The first-order valence-corrected chi connectivity index (χ1v) is 8.90. The predicted molar refractivity (Wildman–Crippen MR) is 87.5 cm³/mol. The minimum absolute atomic E-state index is 0.0666. The Morgan fingerprint density at radius 1 is 1.33 bits per heavy atom. The lowest BCUT2D eigenvalue weighted by Crippen LogP contribution is -2.28. The van der Waals surface area contributed by atoms with E-state index in [0.717, 1.165) is 11.0 Å². The SMILES string of the molecule is O=C(Cc1ccc(Cl)cc1F)NCCSC1CCCCC1. The number of rotatable bonds is 6. The van der Waals surface area contributed by atoms with Gasteiger partial charge >= 0.3 is 0 Å². The molecule has 5 heteroatoms. The summed E-state index contributed by atoms with van der Waals surface area (Å²) < 4.78 is 13.6. The van der Waals surface area contributed by atoms with E-state index < -0.39 is 5.82 Å². The minimum Gasteiger partial charge on any atom is -0.355 e. The van der Waals surface area contributed by atoms with Crippen LogP contribution in [-0.2, 0) is 11.2 Å². The zero-order valence-corrected chi connectivity index (χ0v) is 13.6. The molecule has 1 aliphatic carbocycles. The van der Waals surface area contributed by atoms with Crippen LogP contribution in [0.2, 0.25) is 5.02 Å². The average Bonchev–Trinajstić information content (AvgIpc) is 2.48. The first-order valence-electron chi connectivity index (χ1n) is 7.47. The summed E-state index contributed by atoms with van der Waals surface area (Å²) in [5.41, 5.74) is 0.386.